The highest BCUT2D eigenvalue weighted by molar-refractivity contribution is 5.81. The summed E-state index contributed by atoms with van der Waals surface area (Å²) in [5.41, 5.74) is 8.52. The number of benzene rings is 4. The molecule has 0 unspecified atom stereocenters. The molecule has 4 aromatic rings. The molecule has 0 nitrogen and oxygen atoms in total. The molecule has 0 fully saturated rings. The van der Waals surface area contributed by atoms with E-state index in [0.717, 1.165) is 44.5 Å². The van der Waals surface area contributed by atoms with E-state index in [0.29, 0.717) is 0 Å². The van der Waals surface area contributed by atoms with Crippen molar-refractivity contribution in [3.8, 4) is 45.9 Å². The fourth-order valence-electron chi connectivity index (χ4n) is 3.58. The van der Waals surface area contributed by atoms with Gasteiger partial charge in [-0.05, 0) is 46.5 Å². The average Bonchev–Trinajstić information content (AvgIpc) is 2.76. The van der Waals surface area contributed by atoms with Gasteiger partial charge in [-0.3, -0.25) is 0 Å². The number of hydrogen-bond acceptors (Lipinski definition) is 0. The summed E-state index contributed by atoms with van der Waals surface area (Å²) in [5, 5.41) is 0. The van der Waals surface area contributed by atoms with Crippen LogP contribution in [0.3, 0.4) is 0 Å². The van der Waals surface area contributed by atoms with Crippen LogP contribution >= 0.6 is 0 Å². The van der Waals surface area contributed by atoms with Crippen LogP contribution in [0.15, 0.2) is 97.1 Å². The molecule has 28 heavy (non-hydrogen) atoms. The van der Waals surface area contributed by atoms with Crippen molar-refractivity contribution in [1.29, 1.82) is 0 Å². The molecular formula is C28H16. The lowest BCUT2D eigenvalue weighted by Crippen LogP contribution is -1.92. The van der Waals surface area contributed by atoms with Crippen molar-refractivity contribution in [3.63, 3.8) is 0 Å². The van der Waals surface area contributed by atoms with E-state index in [1.807, 2.05) is 24.3 Å². The fourth-order valence-corrected chi connectivity index (χ4v) is 3.58. The van der Waals surface area contributed by atoms with Crippen LogP contribution in [0.1, 0.15) is 22.3 Å². The minimum Gasteiger partial charge on any atom is -0.0616 e. The Morgan fingerprint density at radius 2 is 0.500 bits per heavy atom. The SMILES string of the molecule is C1#Cc2ccccc2-c2ccccc2C#Cc2ccccc2-c2ccccc21. The van der Waals surface area contributed by atoms with Gasteiger partial charge in [0.2, 0.25) is 0 Å². The first-order chi connectivity index (χ1) is 13.9. The van der Waals surface area contributed by atoms with Gasteiger partial charge in [0.15, 0.2) is 0 Å². The minimum atomic E-state index is 1.01. The monoisotopic (exact) mass is 352 g/mol. The van der Waals surface area contributed by atoms with Gasteiger partial charge in [-0.15, -0.1) is 0 Å². The van der Waals surface area contributed by atoms with Gasteiger partial charge in [-0.2, -0.15) is 0 Å². The Kier molecular flexibility index (Phi) is 4.02. The Morgan fingerprint density at radius 1 is 0.286 bits per heavy atom. The van der Waals surface area contributed by atoms with E-state index >= 15 is 0 Å². The molecule has 4 aromatic carbocycles. The maximum atomic E-state index is 3.41. The predicted octanol–water partition coefficient (Wildman–Crippen LogP) is 6.13. The van der Waals surface area contributed by atoms with Crippen LogP contribution in [-0.2, 0) is 0 Å². The molecule has 0 atom stereocenters. The lowest BCUT2D eigenvalue weighted by atomic mass is 9.92. The van der Waals surface area contributed by atoms with E-state index in [1.165, 1.54) is 0 Å². The molecule has 5 rings (SSSR count). The summed E-state index contributed by atoms with van der Waals surface area (Å²) in [7, 11) is 0. The highest BCUT2D eigenvalue weighted by atomic mass is 14.1. The normalized spacial score (nSPS) is 10.9. The highest BCUT2D eigenvalue weighted by Crippen LogP contribution is 2.29. The third-order valence-corrected chi connectivity index (χ3v) is 4.95. The van der Waals surface area contributed by atoms with Gasteiger partial charge in [0, 0.05) is 22.3 Å². The molecule has 1 aliphatic rings. The first-order valence-electron chi connectivity index (χ1n) is 9.31. The standard InChI is InChI=1S/C28H16/c1-5-13-25-21(9-1)17-18-22-10-3-7-15-27(22)28-16-8-4-12-24(28)20-19-23-11-2-6-14-26(23)25/h1-16H. The van der Waals surface area contributed by atoms with Crippen molar-refractivity contribution in [2.75, 3.05) is 0 Å². The molecule has 0 spiro atoms. The number of fused-ring (bicyclic) bond motifs is 6. The second kappa shape index (κ2) is 6.96. The van der Waals surface area contributed by atoms with Crippen LogP contribution in [-0.4, -0.2) is 0 Å². The van der Waals surface area contributed by atoms with Crippen molar-refractivity contribution in [2.45, 2.75) is 0 Å². The smallest absolute Gasteiger partial charge is 0.0327 e. The lowest BCUT2D eigenvalue weighted by molar-refractivity contribution is 1.53. The van der Waals surface area contributed by atoms with E-state index in [9.17, 15) is 0 Å². The van der Waals surface area contributed by atoms with Crippen LogP contribution in [0.5, 0.6) is 0 Å². The first kappa shape index (κ1) is 16.2. The fraction of sp³-hybridized carbons (Fsp3) is 0. The summed E-state index contributed by atoms with van der Waals surface area (Å²) in [6.45, 7) is 0. The maximum Gasteiger partial charge on any atom is 0.0327 e. The van der Waals surface area contributed by atoms with E-state index in [4.69, 9.17) is 0 Å². The number of rotatable bonds is 0. The van der Waals surface area contributed by atoms with Gasteiger partial charge in [0.25, 0.3) is 0 Å². The summed E-state index contributed by atoms with van der Waals surface area (Å²) in [6, 6.07) is 33.2. The molecule has 0 radical (unpaired) electrons. The second-order valence-electron chi connectivity index (χ2n) is 6.68. The molecule has 0 aliphatic heterocycles. The molecule has 0 heteroatoms. The quantitative estimate of drug-likeness (QED) is 0.294. The Bertz CT molecular complexity index is 1110. The van der Waals surface area contributed by atoms with Crippen molar-refractivity contribution in [2.24, 2.45) is 0 Å². The van der Waals surface area contributed by atoms with Gasteiger partial charge in [0.05, 0.1) is 0 Å². The van der Waals surface area contributed by atoms with Crippen molar-refractivity contribution < 1.29 is 0 Å². The first-order valence-corrected chi connectivity index (χ1v) is 9.31. The van der Waals surface area contributed by atoms with Crippen molar-refractivity contribution in [3.05, 3.63) is 119 Å². The molecule has 0 amide bonds. The van der Waals surface area contributed by atoms with Crippen LogP contribution < -0.4 is 0 Å². The molecule has 0 bridgehead atoms. The van der Waals surface area contributed by atoms with E-state index in [1.54, 1.807) is 0 Å². The van der Waals surface area contributed by atoms with Gasteiger partial charge >= 0.3 is 0 Å². The maximum absolute atomic E-state index is 3.41. The van der Waals surface area contributed by atoms with E-state index in [-0.39, 0.29) is 0 Å². The van der Waals surface area contributed by atoms with Crippen molar-refractivity contribution in [1.82, 2.24) is 0 Å². The van der Waals surface area contributed by atoms with E-state index < -0.39 is 0 Å². The minimum absolute atomic E-state index is 1.01. The van der Waals surface area contributed by atoms with Gasteiger partial charge in [-0.25, -0.2) is 0 Å². The summed E-state index contributed by atoms with van der Waals surface area (Å²) in [5.74, 6) is 13.6. The van der Waals surface area contributed by atoms with Crippen LogP contribution in [0.4, 0.5) is 0 Å². The molecule has 0 saturated heterocycles. The van der Waals surface area contributed by atoms with Crippen LogP contribution in [0.25, 0.3) is 22.3 Å². The summed E-state index contributed by atoms with van der Waals surface area (Å²) < 4.78 is 0. The van der Waals surface area contributed by atoms with Gasteiger partial charge in [-0.1, -0.05) is 96.5 Å². The third kappa shape index (κ3) is 2.88. The topological polar surface area (TPSA) is 0 Å². The Morgan fingerprint density at radius 3 is 0.750 bits per heavy atom. The third-order valence-electron chi connectivity index (χ3n) is 4.95. The predicted molar refractivity (Wildman–Crippen MR) is 116 cm³/mol. The molecular weight excluding hydrogens is 336 g/mol. The van der Waals surface area contributed by atoms with Crippen LogP contribution in [0, 0.1) is 23.7 Å². The summed E-state index contributed by atoms with van der Waals surface area (Å²) >= 11 is 0. The zero-order chi connectivity index (χ0) is 18.8. The zero-order valence-corrected chi connectivity index (χ0v) is 15.2. The number of hydrogen-bond donors (Lipinski definition) is 0. The summed E-state index contributed by atoms with van der Waals surface area (Å²) in [6.07, 6.45) is 0. The molecule has 0 aromatic heterocycles. The molecule has 128 valence electrons. The highest BCUT2D eigenvalue weighted by Gasteiger charge is 2.10. The van der Waals surface area contributed by atoms with E-state index in [2.05, 4.69) is 96.5 Å². The lowest BCUT2D eigenvalue weighted by Gasteiger charge is -2.10. The Hall–Kier alpha value is -4.00. The summed E-state index contributed by atoms with van der Waals surface area (Å²) in [4.78, 5) is 0. The molecule has 1 aliphatic carbocycles. The second-order valence-corrected chi connectivity index (χ2v) is 6.68. The van der Waals surface area contributed by atoms with Gasteiger partial charge < -0.3 is 0 Å². The Balaban J connectivity index is 1.88. The Labute approximate surface area is 165 Å². The largest absolute Gasteiger partial charge is 0.0616 e. The molecule has 0 saturated carbocycles. The van der Waals surface area contributed by atoms with Crippen LogP contribution in [0.2, 0.25) is 0 Å². The zero-order valence-electron chi connectivity index (χ0n) is 15.2. The van der Waals surface area contributed by atoms with Gasteiger partial charge in [0.1, 0.15) is 0 Å². The molecule has 0 N–H and O–H groups in total. The average molecular weight is 352 g/mol. The molecule has 0 heterocycles. The van der Waals surface area contributed by atoms with Crippen molar-refractivity contribution >= 4 is 0 Å².